The predicted molar refractivity (Wildman–Crippen MR) is 120 cm³/mol. The van der Waals surface area contributed by atoms with Crippen LogP contribution in [0.4, 0.5) is 0 Å². The summed E-state index contributed by atoms with van der Waals surface area (Å²) in [5, 5.41) is 7.57. The summed E-state index contributed by atoms with van der Waals surface area (Å²) in [6, 6.07) is 7.71. The number of hydrogen-bond acceptors (Lipinski definition) is 6. The van der Waals surface area contributed by atoms with Gasteiger partial charge in [0, 0.05) is 12.4 Å². The highest BCUT2D eigenvalue weighted by molar-refractivity contribution is 7.09. The van der Waals surface area contributed by atoms with Crippen molar-refractivity contribution < 1.29 is 4.74 Å². The number of thiazole rings is 1. The van der Waals surface area contributed by atoms with E-state index >= 15 is 0 Å². The second kappa shape index (κ2) is 8.39. The molecule has 0 spiro atoms. The van der Waals surface area contributed by atoms with Crippen LogP contribution in [0.2, 0.25) is 0 Å². The van der Waals surface area contributed by atoms with Crippen molar-refractivity contribution in [1.29, 1.82) is 0 Å². The second-order valence-corrected chi connectivity index (χ2v) is 8.24. The number of hydrogen-bond donors (Lipinski definition) is 0. The lowest BCUT2D eigenvalue weighted by Crippen LogP contribution is -2.22. The van der Waals surface area contributed by atoms with E-state index < -0.39 is 0 Å². The van der Waals surface area contributed by atoms with Gasteiger partial charge >= 0.3 is 0 Å². The highest BCUT2D eigenvalue weighted by atomic mass is 32.1. The van der Waals surface area contributed by atoms with Crippen LogP contribution in [-0.2, 0) is 13.5 Å². The van der Waals surface area contributed by atoms with Crippen molar-refractivity contribution >= 4 is 22.4 Å². The summed E-state index contributed by atoms with van der Waals surface area (Å²) in [4.78, 5) is 22.9. The number of para-hydroxylation sites is 1. The van der Waals surface area contributed by atoms with E-state index in [2.05, 4.69) is 18.8 Å². The first-order chi connectivity index (χ1) is 14.5. The Kier molecular flexibility index (Phi) is 5.67. The van der Waals surface area contributed by atoms with E-state index in [4.69, 9.17) is 14.8 Å². The van der Waals surface area contributed by atoms with Crippen LogP contribution in [0.3, 0.4) is 0 Å². The minimum Gasteiger partial charge on any atom is -0.493 e. The lowest BCUT2D eigenvalue weighted by Gasteiger charge is -2.13. The molecule has 8 heteroatoms. The molecule has 0 N–H and O–H groups in total. The van der Waals surface area contributed by atoms with Crippen molar-refractivity contribution in [2.45, 2.75) is 40.0 Å². The van der Waals surface area contributed by atoms with Gasteiger partial charge in [0.05, 0.1) is 22.9 Å². The monoisotopic (exact) mass is 423 g/mol. The summed E-state index contributed by atoms with van der Waals surface area (Å²) in [5.41, 5.74) is 2.55. The Bertz CT molecular complexity index is 1250. The van der Waals surface area contributed by atoms with E-state index in [1.165, 1.54) is 11.3 Å². The van der Waals surface area contributed by atoms with Crippen LogP contribution in [0.15, 0.2) is 34.4 Å². The minimum atomic E-state index is -0.152. The molecule has 0 radical (unpaired) electrons. The summed E-state index contributed by atoms with van der Waals surface area (Å²) >= 11 is 1.53. The van der Waals surface area contributed by atoms with Crippen LogP contribution >= 0.6 is 11.3 Å². The van der Waals surface area contributed by atoms with E-state index in [0.717, 1.165) is 41.3 Å². The number of ether oxygens (including phenoxy) is 1. The summed E-state index contributed by atoms with van der Waals surface area (Å²) in [6.45, 7) is 6.70. The molecular weight excluding hydrogens is 398 g/mol. The number of benzene rings is 1. The lowest BCUT2D eigenvalue weighted by molar-refractivity contribution is 0.318. The average molecular weight is 424 g/mol. The van der Waals surface area contributed by atoms with E-state index in [9.17, 15) is 4.79 Å². The largest absolute Gasteiger partial charge is 0.493 e. The van der Waals surface area contributed by atoms with Crippen LogP contribution in [0.5, 0.6) is 5.75 Å². The quantitative estimate of drug-likeness (QED) is 0.443. The van der Waals surface area contributed by atoms with Gasteiger partial charge in [0.15, 0.2) is 11.3 Å². The van der Waals surface area contributed by atoms with Crippen LogP contribution in [0.25, 0.3) is 28.2 Å². The zero-order valence-electron chi connectivity index (χ0n) is 17.7. The van der Waals surface area contributed by atoms with Gasteiger partial charge in [-0.2, -0.15) is 5.10 Å². The van der Waals surface area contributed by atoms with Crippen molar-refractivity contribution in [2.24, 2.45) is 7.05 Å². The number of aryl methyl sites for hydroxylation is 2. The average Bonchev–Trinajstić information content (AvgIpc) is 3.33. The standard InChI is InChI=1S/C22H25N5O2S/c1-5-9-16-19-20(27(25-16)18-13-30-14(3)23-18)22(28)26(4)21(24-19)15-10-7-8-11-17(15)29-12-6-2/h7-8,10-11,13H,5-6,9,12H2,1-4H3. The Morgan fingerprint density at radius 3 is 2.63 bits per heavy atom. The molecule has 3 aromatic heterocycles. The van der Waals surface area contributed by atoms with Gasteiger partial charge in [-0.1, -0.05) is 32.4 Å². The van der Waals surface area contributed by atoms with Gasteiger partial charge in [-0.15, -0.1) is 11.3 Å². The third kappa shape index (κ3) is 3.52. The molecule has 0 unspecified atom stereocenters. The molecule has 4 aromatic rings. The van der Waals surface area contributed by atoms with Gasteiger partial charge in [-0.3, -0.25) is 9.36 Å². The van der Waals surface area contributed by atoms with Gasteiger partial charge in [-0.25, -0.2) is 14.6 Å². The van der Waals surface area contributed by atoms with Crippen molar-refractivity contribution in [3.63, 3.8) is 0 Å². The van der Waals surface area contributed by atoms with Gasteiger partial charge < -0.3 is 4.74 Å². The first-order valence-corrected chi connectivity index (χ1v) is 11.1. The molecule has 0 fully saturated rings. The van der Waals surface area contributed by atoms with E-state index in [1.807, 2.05) is 36.6 Å². The Hall–Kier alpha value is -3.00. The van der Waals surface area contributed by atoms with Gasteiger partial charge in [0.25, 0.3) is 5.56 Å². The lowest BCUT2D eigenvalue weighted by atomic mass is 10.1. The Balaban J connectivity index is 1.98. The SMILES string of the molecule is CCCOc1ccccc1-c1nc2c(CCC)nn(-c3csc(C)n3)c2c(=O)n1C. The zero-order chi connectivity index (χ0) is 21.3. The first-order valence-electron chi connectivity index (χ1n) is 10.2. The molecule has 3 heterocycles. The second-order valence-electron chi connectivity index (χ2n) is 7.17. The fourth-order valence-electron chi connectivity index (χ4n) is 3.45. The van der Waals surface area contributed by atoms with E-state index in [-0.39, 0.29) is 5.56 Å². The topological polar surface area (TPSA) is 74.8 Å². The van der Waals surface area contributed by atoms with Crippen LogP contribution < -0.4 is 10.3 Å². The molecule has 0 saturated heterocycles. The molecule has 0 aliphatic carbocycles. The van der Waals surface area contributed by atoms with Gasteiger partial charge in [0.2, 0.25) is 0 Å². The maximum Gasteiger partial charge on any atom is 0.280 e. The number of aromatic nitrogens is 5. The third-order valence-electron chi connectivity index (χ3n) is 4.87. The summed E-state index contributed by atoms with van der Waals surface area (Å²) < 4.78 is 9.13. The van der Waals surface area contributed by atoms with Crippen LogP contribution in [0.1, 0.15) is 37.4 Å². The number of nitrogens with zero attached hydrogens (tertiary/aromatic N) is 5. The Labute approximate surface area is 179 Å². The molecule has 4 rings (SSSR count). The highest BCUT2D eigenvalue weighted by Gasteiger charge is 2.22. The van der Waals surface area contributed by atoms with Crippen LogP contribution in [-0.4, -0.2) is 30.9 Å². The first kappa shape index (κ1) is 20.3. The minimum absolute atomic E-state index is 0.152. The van der Waals surface area contributed by atoms with E-state index in [1.54, 1.807) is 16.3 Å². The highest BCUT2D eigenvalue weighted by Crippen LogP contribution is 2.30. The van der Waals surface area contributed by atoms with Crippen molar-refractivity contribution in [3.05, 3.63) is 50.7 Å². The predicted octanol–water partition coefficient (Wildman–Crippen LogP) is 4.29. The smallest absolute Gasteiger partial charge is 0.280 e. The molecule has 30 heavy (non-hydrogen) atoms. The molecule has 1 aromatic carbocycles. The van der Waals surface area contributed by atoms with Crippen molar-refractivity contribution in [1.82, 2.24) is 24.3 Å². The van der Waals surface area contributed by atoms with Crippen molar-refractivity contribution in [2.75, 3.05) is 6.61 Å². The number of rotatable bonds is 7. The van der Waals surface area contributed by atoms with Crippen LogP contribution in [0, 0.1) is 6.92 Å². The fourth-order valence-corrected chi connectivity index (χ4v) is 4.03. The maximum absolute atomic E-state index is 13.5. The van der Waals surface area contributed by atoms with Crippen molar-refractivity contribution in [3.8, 4) is 23.0 Å². The normalized spacial score (nSPS) is 11.3. The maximum atomic E-state index is 13.5. The molecule has 0 bridgehead atoms. The molecule has 0 saturated carbocycles. The Morgan fingerprint density at radius 1 is 1.13 bits per heavy atom. The molecule has 156 valence electrons. The molecule has 0 aliphatic heterocycles. The zero-order valence-corrected chi connectivity index (χ0v) is 18.5. The number of fused-ring (bicyclic) bond motifs is 1. The Morgan fingerprint density at radius 2 is 1.93 bits per heavy atom. The molecule has 0 atom stereocenters. The van der Waals surface area contributed by atoms with E-state index in [0.29, 0.717) is 29.3 Å². The summed E-state index contributed by atoms with van der Waals surface area (Å²) in [5.74, 6) is 1.95. The molecule has 0 aliphatic rings. The molecule has 0 amide bonds. The molecule has 7 nitrogen and oxygen atoms in total. The molecular formula is C22H25N5O2S. The fraction of sp³-hybridized carbons (Fsp3) is 0.364. The third-order valence-corrected chi connectivity index (χ3v) is 5.63. The van der Waals surface area contributed by atoms with Gasteiger partial charge in [0.1, 0.15) is 17.1 Å². The van der Waals surface area contributed by atoms with Gasteiger partial charge in [-0.05, 0) is 31.9 Å². The summed E-state index contributed by atoms with van der Waals surface area (Å²) in [6.07, 6.45) is 2.55. The summed E-state index contributed by atoms with van der Waals surface area (Å²) in [7, 11) is 1.74.